The van der Waals surface area contributed by atoms with Crippen LogP contribution < -0.4 is 0 Å². The van der Waals surface area contributed by atoms with Crippen LogP contribution in [0.2, 0.25) is 0 Å². The zero-order chi connectivity index (χ0) is 17.5. The second-order valence-electron chi connectivity index (χ2n) is 5.64. The molecule has 25 heavy (non-hydrogen) atoms. The third-order valence-electron chi connectivity index (χ3n) is 3.87. The van der Waals surface area contributed by atoms with Crippen molar-refractivity contribution < 1.29 is 14.3 Å². The summed E-state index contributed by atoms with van der Waals surface area (Å²) in [7, 11) is 0. The van der Waals surface area contributed by atoms with Crippen molar-refractivity contribution >= 4 is 23.1 Å². The Kier molecular flexibility index (Phi) is 5.59. The fourth-order valence-corrected chi connectivity index (χ4v) is 2.57. The molecule has 0 aliphatic rings. The molecule has 0 atom stereocenters. The highest BCUT2D eigenvalue weighted by Crippen LogP contribution is 2.15. The van der Waals surface area contributed by atoms with E-state index in [0.29, 0.717) is 24.6 Å². The Morgan fingerprint density at radius 3 is 2.60 bits per heavy atom. The summed E-state index contributed by atoms with van der Waals surface area (Å²) in [6.07, 6.45) is 3.74. The van der Waals surface area contributed by atoms with Gasteiger partial charge in [-0.05, 0) is 24.1 Å². The number of hydrogen-bond donors (Lipinski definition) is 1. The normalized spacial score (nSPS) is 11.2. The first-order chi connectivity index (χ1) is 12.3. The van der Waals surface area contributed by atoms with Crippen molar-refractivity contribution in [2.75, 3.05) is 19.7 Å². The van der Waals surface area contributed by atoms with Gasteiger partial charge in [-0.1, -0.05) is 42.5 Å². The summed E-state index contributed by atoms with van der Waals surface area (Å²) in [6.45, 7) is 0.766. The van der Waals surface area contributed by atoms with Crippen LogP contribution in [0.3, 0.4) is 0 Å². The molecular weight excluding hydrogens is 316 g/mol. The molecule has 1 N–H and O–H groups in total. The molecule has 3 aromatic rings. The van der Waals surface area contributed by atoms with Gasteiger partial charge in [0.2, 0.25) is 11.8 Å². The Balaban J connectivity index is 1.65. The Labute approximate surface area is 146 Å². The molecule has 0 unspecified atom stereocenters. The second-order valence-corrected chi connectivity index (χ2v) is 5.64. The second kappa shape index (κ2) is 8.26. The van der Waals surface area contributed by atoms with Crippen LogP contribution in [0, 0.1) is 0 Å². The predicted molar refractivity (Wildman–Crippen MR) is 96.9 cm³/mol. The van der Waals surface area contributed by atoms with Gasteiger partial charge in [0.1, 0.15) is 5.52 Å². The number of nitrogens with zero attached hydrogens (tertiary/aromatic N) is 2. The van der Waals surface area contributed by atoms with Crippen molar-refractivity contribution in [1.29, 1.82) is 0 Å². The van der Waals surface area contributed by atoms with E-state index in [0.717, 1.165) is 17.5 Å². The molecule has 1 amide bonds. The number of aliphatic hydroxyl groups excluding tert-OH is 1. The first-order valence-corrected chi connectivity index (χ1v) is 8.23. The van der Waals surface area contributed by atoms with Gasteiger partial charge in [-0.25, -0.2) is 4.98 Å². The number of para-hydroxylation sites is 2. The number of aromatic nitrogens is 1. The lowest BCUT2D eigenvalue weighted by Gasteiger charge is -2.20. The fourth-order valence-electron chi connectivity index (χ4n) is 2.57. The number of carbonyl (C=O) groups is 1. The maximum absolute atomic E-state index is 12.4. The lowest BCUT2D eigenvalue weighted by molar-refractivity contribution is -0.126. The smallest absolute Gasteiger partial charge is 0.246 e. The van der Waals surface area contributed by atoms with E-state index in [9.17, 15) is 9.90 Å². The molecule has 0 saturated heterocycles. The van der Waals surface area contributed by atoms with Crippen LogP contribution in [-0.2, 0) is 11.2 Å². The molecule has 3 rings (SSSR count). The summed E-state index contributed by atoms with van der Waals surface area (Å²) in [5, 5.41) is 9.21. The number of aliphatic hydroxyl groups is 1. The van der Waals surface area contributed by atoms with E-state index in [1.165, 1.54) is 6.08 Å². The minimum atomic E-state index is -0.174. The number of benzene rings is 2. The summed E-state index contributed by atoms with van der Waals surface area (Å²) < 4.78 is 5.57. The molecular formula is C20H20N2O3. The molecule has 2 aromatic carbocycles. The van der Waals surface area contributed by atoms with Crippen LogP contribution in [0.25, 0.3) is 17.2 Å². The van der Waals surface area contributed by atoms with Crippen molar-refractivity contribution in [3.05, 3.63) is 72.1 Å². The molecule has 0 radical (unpaired) electrons. The van der Waals surface area contributed by atoms with Gasteiger partial charge in [-0.2, -0.15) is 0 Å². The SMILES string of the molecule is O=C(/C=C/c1nc2ccccc2o1)N(CCO)CCc1ccccc1. The van der Waals surface area contributed by atoms with Gasteiger partial charge in [0, 0.05) is 25.2 Å². The van der Waals surface area contributed by atoms with E-state index in [2.05, 4.69) is 4.98 Å². The molecule has 0 aliphatic heterocycles. The summed E-state index contributed by atoms with van der Waals surface area (Å²) in [5.74, 6) is 0.216. The van der Waals surface area contributed by atoms with Gasteiger partial charge >= 0.3 is 0 Å². The molecule has 1 aromatic heterocycles. The van der Waals surface area contributed by atoms with E-state index < -0.39 is 0 Å². The first kappa shape index (κ1) is 16.9. The number of carbonyl (C=O) groups excluding carboxylic acids is 1. The van der Waals surface area contributed by atoms with E-state index in [-0.39, 0.29) is 12.5 Å². The first-order valence-electron chi connectivity index (χ1n) is 8.23. The van der Waals surface area contributed by atoms with E-state index in [1.807, 2.05) is 54.6 Å². The number of rotatable bonds is 7. The summed E-state index contributed by atoms with van der Waals surface area (Å²) in [4.78, 5) is 18.3. The maximum Gasteiger partial charge on any atom is 0.246 e. The van der Waals surface area contributed by atoms with Crippen LogP contribution in [0.1, 0.15) is 11.5 Å². The summed E-state index contributed by atoms with van der Waals surface area (Å²) in [6, 6.07) is 17.4. The lowest BCUT2D eigenvalue weighted by atomic mass is 10.1. The van der Waals surface area contributed by atoms with Crippen molar-refractivity contribution in [1.82, 2.24) is 9.88 Å². The zero-order valence-electron chi connectivity index (χ0n) is 13.8. The number of hydrogen-bond acceptors (Lipinski definition) is 4. The average molecular weight is 336 g/mol. The van der Waals surface area contributed by atoms with Gasteiger partial charge in [0.25, 0.3) is 0 Å². The minimum Gasteiger partial charge on any atom is -0.437 e. The third-order valence-corrected chi connectivity index (χ3v) is 3.87. The Hall–Kier alpha value is -2.92. The van der Waals surface area contributed by atoms with Crippen LogP contribution >= 0.6 is 0 Å². The van der Waals surface area contributed by atoms with Crippen LogP contribution in [0.4, 0.5) is 0 Å². The van der Waals surface area contributed by atoms with Gasteiger partial charge in [-0.3, -0.25) is 4.79 Å². The standard InChI is InChI=1S/C20H20N2O3/c23-15-14-22(13-12-16-6-2-1-3-7-16)20(24)11-10-19-21-17-8-4-5-9-18(17)25-19/h1-11,23H,12-15H2/b11-10+. The summed E-state index contributed by atoms with van der Waals surface area (Å²) >= 11 is 0. The van der Waals surface area contributed by atoms with Gasteiger partial charge in [0.05, 0.1) is 6.61 Å². The number of fused-ring (bicyclic) bond motifs is 1. The molecule has 5 heteroatoms. The summed E-state index contributed by atoms with van der Waals surface area (Å²) in [5.41, 5.74) is 2.60. The minimum absolute atomic E-state index is 0.0722. The highest BCUT2D eigenvalue weighted by molar-refractivity contribution is 5.91. The molecule has 0 fully saturated rings. The fraction of sp³-hybridized carbons (Fsp3) is 0.200. The third kappa shape index (κ3) is 4.55. The Morgan fingerprint density at radius 2 is 1.84 bits per heavy atom. The van der Waals surface area contributed by atoms with Crippen molar-refractivity contribution in [3.63, 3.8) is 0 Å². The molecule has 0 bridgehead atoms. The van der Waals surface area contributed by atoms with Crippen molar-refractivity contribution in [2.45, 2.75) is 6.42 Å². The number of amides is 1. The predicted octanol–water partition coefficient (Wildman–Crippen LogP) is 2.90. The highest BCUT2D eigenvalue weighted by atomic mass is 16.3. The molecule has 0 aliphatic carbocycles. The highest BCUT2D eigenvalue weighted by Gasteiger charge is 2.11. The van der Waals surface area contributed by atoms with Gasteiger partial charge in [0.15, 0.2) is 5.58 Å². The molecule has 128 valence electrons. The van der Waals surface area contributed by atoms with E-state index in [4.69, 9.17) is 4.42 Å². The van der Waals surface area contributed by atoms with Crippen molar-refractivity contribution in [3.8, 4) is 0 Å². The quantitative estimate of drug-likeness (QED) is 0.674. The van der Waals surface area contributed by atoms with Gasteiger partial charge < -0.3 is 14.4 Å². The van der Waals surface area contributed by atoms with Crippen LogP contribution in [-0.4, -0.2) is 40.6 Å². The molecule has 0 spiro atoms. The Bertz CT molecular complexity index is 823. The van der Waals surface area contributed by atoms with E-state index in [1.54, 1.807) is 11.0 Å². The molecule has 5 nitrogen and oxygen atoms in total. The number of oxazole rings is 1. The largest absolute Gasteiger partial charge is 0.437 e. The lowest BCUT2D eigenvalue weighted by Crippen LogP contribution is -2.34. The van der Waals surface area contributed by atoms with E-state index >= 15 is 0 Å². The van der Waals surface area contributed by atoms with Crippen molar-refractivity contribution in [2.24, 2.45) is 0 Å². The van der Waals surface area contributed by atoms with Gasteiger partial charge in [-0.15, -0.1) is 0 Å². The average Bonchev–Trinajstić information content (AvgIpc) is 3.07. The molecule has 0 saturated carbocycles. The Morgan fingerprint density at radius 1 is 1.08 bits per heavy atom. The topological polar surface area (TPSA) is 66.6 Å². The maximum atomic E-state index is 12.4. The molecule has 1 heterocycles. The zero-order valence-corrected chi connectivity index (χ0v) is 13.8. The monoisotopic (exact) mass is 336 g/mol. The van der Waals surface area contributed by atoms with Crippen LogP contribution in [0.5, 0.6) is 0 Å². The van der Waals surface area contributed by atoms with Crippen LogP contribution in [0.15, 0.2) is 65.1 Å².